The lowest BCUT2D eigenvalue weighted by Gasteiger charge is -2.11. The molecule has 0 saturated carbocycles. The van der Waals surface area contributed by atoms with E-state index < -0.39 is 0 Å². The minimum atomic E-state index is 0.0830. The number of imidazole rings is 1. The predicted molar refractivity (Wildman–Crippen MR) is 72.3 cm³/mol. The molecule has 0 amide bonds. The number of hydrogen-bond donors (Lipinski definition) is 1. The molecular weight excluding hydrogens is 230 g/mol. The van der Waals surface area contributed by atoms with Crippen LogP contribution in [0, 0.1) is 13.8 Å². The lowest BCUT2D eigenvalue weighted by atomic mass is 10.2. The first-order chi connectivity index (χ1) is 8.11. The summed E-state index contributed by atoms with van der Waals surface area (Å²) in [4.78, 5) is 6.96. The van der Waals surface area contributed by atoms with E-state index in [1.54, 1.807) is 0 Å². The zero-order valence-corrected chi connectivity index (χ0v) is 11.4. The molecule has 0 unspecified atom stereocenters. The molecule has 0 radical (unpaired) electrons. The standard InChI is InChI=1S/C13H19N3S/c1-4-12(14)13-6-15-8-16(13)7-11-5-9(2)10(3)17-11/h5-6,8,12H,4,7,14H2,1-3H3/t12-/m1/s1. The van der Waals surface area contributed by atoms with Crippen molar-refractivity contribution in [1.29, 1.82) is 0 Å². The van der Waals surface area contributed by atoms with Crippen molar-refractivity contribution in [3.63, 3.8) is 0 Å². The lowest BCUT2D eigenvalue weighted by Crippen LogP contribution is -2.14. The zero-order valence-electron chi connectivity index (χ0n) is 10.6. The van der Waals surface area contributed by atoms with Gasteiger partial charge in [0.25, 0.3) is 0 Å². The maximum atomic E-state index is 6.07. The number of aromatic nitrogens is 2. The molecule has 2 rings (SSSR count). The number of nitrogens with zero attached hydrogens (tertiary/aromatic N) is 2. The molecule has 0 aliphatic rings. The van der Waals surface area contributed by atoms with Gasteiger partial charge >= 0.3 is 0 Å². The van der Waals surface area contributed by atoms with Crippen LogP contribution in [-0.2, 0) is 6.54 Å². The molecule has 2 N–H and O–H groups in total. The topological polar surface area (TPSA) is 43.8 Å². The molecule has 4 heteroatoms. The number of hydrogen-bond acceptors (Lipinski definition) is 3. The Morgan fingerprint density at radius 2 is 2.24 bits per heavy atom. The van der Waals surface area contributed by atoms with Gasteiger partial charge in [-0.3, -0.25) is 0 Å². The van der Waals surface area contributed by atoms with Gasteiger partial charge in [0.15, 0.2) is 0 Å². The van der Waals surface area contributed by atoms with Crippen LogP contribution in [0.5, 0.6) is 0 Å². The van der Waals surface area contributed by atoms with Crippen LogP contribution in [0.3, 0.4) is 0 Å². The number of aryl methyl sites for hydroxylation is 2. The summed E-state index contributed by atoms with van der Waals surface area (Å²) >= 11 is 1.85. The van der Waals surface area contributed by atoms with E-state index in [1.165, 1.54) is 15.3 Å². The highest BCUT2D eigenvalue weighted by Crippen LogP contribution is 2.23. The average Bonchev–Trinajstić information content (AvgIpc) is 2.86. The normalized spacial score (nSPS) is 12.9. The molecule has 0 aromatic carbocycles. The lowest BCUT2D eigenvalue weighted by molar-refractivity contribution is 0.621. The Hall–Kier alpha value is -1.13. The molecule has 2 heterocycles. The van der Waals surface area contributed by atoms with E-state index >= 15 is 0 Å². The van der Waals surface area contributed by atoms with Crippen molar-refractivity contribution in [1.82, 2.24) is 9.55 Å². The summed E-state index contributed by atoms with van der Waals surface area (Å²) in [5.41, 5.74) is 8.56. The van der Waals surface area contributed by atoms with Crippen LogP contribution >= 0.6 is 11.3 Å². The van der Waals surface area contributed by atoms with Crippen molar-refractivity contribution in [2.75, 3.05) is 0 Å². The molecular formula is C13H19N3S. The first-order valence-electron chi connectivity index (χ1n) is 5.93. The Morgan fingerprint density at radius 3 is 2.82 bits per heavy atom. The first kappa shape index (κ1) is 12.3. The van der Waals surface area contributed by atoms with E-state index in [4.69, 9.17) is 5.73 Å². The third-order valence-corrected chi connectivity index (χ3v) is 4.24. The molecule has 0 bridgehead atoms. The fourth-order valence-corrected chi connectivity index (χ4v) is 2.93. The Kier molecular flexibility index (Phi) is 3.64. The van der Waals surface area contributed by atoms with Crippen molar-refractivity contribution in [2.24, 2.45) is 5.73 Å². The summed E-state index contributed by atoms with van der Waals surface area (Å²) < 4.78 is 2.15. The molecule has 0 aliphatic heterocycles. The SMILES string of the molecule is CC[C@@H](N)c1cncn1Cc1cc(C)c(C)s1. The molecule has 1 atom stereocenters. The molecule has 3 nitrogen and oxygen atoms in total. The van der Waals surface area contributed by atoms with Crippen LogP contribution in [0.15, 0.2) is 18.6 Å². The van der Waals surface area contributed by atoms with E-state index in [0.717, 1.165) is 18.7 Å². The van der Waals surface area contributed by atoms with Gasteiger partial charge < -0.3 is 10.3 Å². The third-order valence-electron chi connectivity index (χ3n) is 3.11. The largest absolute Gasteiger partial charge is 0.328 e. The maximum Gasteiger partial charge on any atom is 0.0952 e. The summed E-state index contributed by atoms with van der Waals surface area (Å²) in [6.07, 6.45) is 4.69. The molecule has 2 aromatic rings. The molecule has 0 saturated heterocycles. The zero-order chi connectivity index (χ0) is 12.4. The maximum absolute atomic E-state index is 6.07. The highest BCUT2D eigenvalue weighted by molar-refractivity contribution is 7.12. The Labute approximate surface area is 106 Å². The van der Waals surface area contributed by atoms with Crippen molar-refractivity contribution in [3.8, 4) is 0 Å². The van der Waals surface area contributed by atoms with Crippen LogP contribution in [0.25, 0.3) is 0 Å². The van der Waals surface area contributed by atoms with E-state index in [0.29, 0.717) is 0 Å². The smallest absolute Gasteiger partial charge is 0.0952 e. The third kappa shape index (κ3) is 2.58. The molecule has 17 heavy (non-hydrogen) atoms. The van der Waals surface area contributed by atoms with Gasteiger partial charge in [-0.05, 0) is 31.9 Å². The Balaban J connectivity index is 2.21. The summed E-state index contributed by atoms with van der Waals surface area (Å²) in [5.74, 6) is 0. The highest BCUT2D eigenvalue weighted by Gasteiger charge is 2.10. The van der Waals surface area contributed by atoms with Crippen molar-refractivity contribution >= 4 is 11.3 Å². The molecule has 0 aliphatic carbocycles. The van der Waals surface area contributed by atoms with Gasteiger partial charge in [-0.15, -0.1) is 11.3 Å². The van der Waals surface area contributed by atoms with Crippen LogP contribution < -0.4 is 5.73 Å². The van der Waals surface area contributed by atoms with Crippen molar-refractivity contribution < 1.29 is 0 Å². The van der Waals surface area contributed by atoms with Gasteiger partial charge in [-0.1, -0.05) is 6.92 Å². The Morgan fingerprint density at radius 1 is 1.47 bits per heavy atom. The minimum absolute atomic E-state index is 0.0830. The van der Waals surface area contributed by atoms with Crippen LogP contribution in [0.4, 0.5) is 0 Å². The minimum Gasteiger partial charge on any atom is -0.328 e. The van der Waals surface area contributed by atoms with Gasteiger partial charge in [0, 0.05) is 22.0 Å². The Bertz CT molecular complexity index is 479. The fraction of sp³-hybridized carbons (Fsp3) is 0.462. The van der Waals surface area contributed by atoms with Crippen molar-refractivity contribution in [3.05, 3.63) is 39.6 Å². The van der Waals surface area contributed by atoms with Gasteiger partial charge in [-0.2, -0.15) is 0 Å². The predicted octanol–water partition coefficient (Wildman–Crippen LogP) is 3.02. The second-order valence-corrected chi connectivity index (χ2v) is 5.75. The van der Waals surface area contributed by atoms with Crippen molar-refractivity contribution in [2.45, 2.75) is 39.8 Å². The first-order valence-corrected chi connectivity index (χ1v) is 6.75. The van der Waals surface area contributed by atoms with E-state index in [-0.39, 0.29) is 6.04 Å². The second kappa shape index (κ2) is 5.02. The second-order valence-electron chi connectivity index (χ2n) is 4.41. The number of thiophene rings is 1. The summed E-state index contributed by atoms with van der Waals surface area (Å²) in [6.45, 7) is 7.29. The van der Waals surface area contributed by atoms with E-state index in [1.807, 2.05) is 23.9 Å². The van der Waals surface area contributed by atoms with Gasteiger partial charge in [0.1, 0.15) is 0 Å². The quantitative estimate of drug-likeness (QED) is 0.905. The monoisotopic (exact) mass is 249 g/mol. The highest BCUT2D eigenvalue weighted by atomic mass is 32.1. The average molecular weight is 249 g/mol. The molecule has 0 fully saturated rings. The molecule has 0 spiro atoms. The number of nitrogens with two attached hydrogens (primary N) is 1. The van der Waals surface area contributed by atoms with Crippen LogP contribution in [0.1, 0.15) is 40.4 Å². The van der Waals surface area contributed by atoms with Gasteiger partial charge in [-0.25, -0.2) is 4.98 Å². The van der Waals surface area contributed by atoms with Gasteiger partial charge in [0.05, 0.1) is 18.6 Å². The van der Waals surface area contributed by atoms with Crippen LogP contribution in [-0.4, -0.2) is 9.55 Å². The summed E-state index contributed by atoms with van der Waals surface area (Å²) in [7, 11) is 0. The van der Waals surface area contributed by atoms with E-state index in [2.05, 4.69) is 36.4 Å². The molecule has 92 valence electrons. The van der Waals surface area contributed by atoms with Crippen LogP contribution in [0.2, 0.25) is 0 Å². The van der Waals surface area contributed by atoms with Gasteiger partial charge in [0.2, 0.25) is 0 Å². The summed E-state index contributed by atoms with van der Waals surface area (Å²) in [6, 6.07) is 2.33. The summed E-state index contributed by atoms with van der Waals surface area (Å²) in [5, 5.41) is 0. The number of rotatable bonds is 4. The molecule has 2 aromatic heterocycles. The van der Waals surface area contributed by atoms with E-state index in [9.17, 15) is 0 Å². The fourth-order valence-electron chi connectivity index (χ4n) is 1.88.